The van der Waals surface area contributed by atoms with E-state index in [0.717, 1.165) is 0 Å². The van der Waals surface area contributed by atoms with Crippen LogP contribution in [0.25, 0.3) is 0 Å². The Kier molecular flexibility index (Phi) is 7.32. The van der Waals surface area contributed by atoms with Crippen LogP contribution in [0.5, 0.6) is 0 Å². The van der Waals surface area contributed by atoms with Gasteiger partial charge in [0, 0.05) is 0 Å². The lowest BCUT2D eigenvalue weighted by Gasteiger charge is -2.28. The summed E-state index contributed by atoms with van der Waals surface area (Å²) in [7, 11) is -12.8. The van der Waals surface area contributed by atoms with E-state index in [1.54, 1.807) is 0 Å². The van der Waals surface area contributed by atoms with E-state index in [1.165, 1.54) is 0 Å². The fourth-order valence-corrected chi connectivity index (χ4v) is 26.7. The van der Waals surface area contributed by atoms with Gasteiger partial charge in [-0.3, -0.25) is 0 Å². The summed E-state index contributed by atoms with van der Waals surface area (Å²) in [5.74, 6) is 0. The third-order valence-electron chi connectivity index (χ3n) is 3.52. The van der Waals surface area contributed by atoms with Crippen molar-refractivity contribution in [1.82, 2.24) is 0 Å². The zero-order valence-corrected chi connectivity index (χ0v) is 25.2. The Bertz CT molecular complexity index is 606. The monoisotopic (exact) mass is 468 g/mol. The number of hydrogen-bond donors (Lipinski definition) is 0. The van der Waals surface area contributed by atoms with Crippen molar-refractivity contribution in [3.8, 4) is 33.3 Å². The third-order valence-corrected chi connectivity index (χ3v) is 20.9. The van der Waals surface area contributed by atoms with Crippen LogP contribution in [0, 0.1) is 33.3 Å². The highest BCUT2D eigenvalue weighted by Gasteiger charge is 2.37. The molecule has 1 aliphatic heterocycles. The van der Waals surface area contributed by atoms with Crippen LogP contribution in [0.2, 0.25) is 78.6 Å². The molecule has 1 rings (SSSR count). The maximum Gasteiger partial charge on any atom is 0.255 e. The lowest BCUT2D eigenvalue weighted by Crippen LogP contribution is -2.46. The summed E-state index contributed by atoms with van der Waals surface area (Å²) in [6.07, 6.45) is 0. The molecule has 1 heterocycles. The minimum absolute atomic E-state index is 2.14. The van der Waals surface area contributed by atoms with E-state index in [1.807, 2.05) is 0 Å². The first-order chi connectivity index (χ1) is 11.7. The van der Waals surface area contributed by atoms with Gasteiger partial charge in [0.1, 0.15) is 0 Å². The molecule has 0 saturated heterocycles. The van der Waals surface area contributed by atoms with Crippen LogP contribution in [-0.2, 0) is 12.3 Å². The van der Waals surface area contributed by atoms with Crippen molar-refractivity contribution in [2.24, 2.45) is 0 Å². The lowest BCUT2D eigenvalue weighted by atomic mass is 11.4. The second kappa shape index (κ2) is 7.94. The van der Waals surface area contributed by atoms with Crippen molar-refractivity contribution in [1.29, 1.82) is 0 Å². The quantitative estimate of drug-likeness (QED) is 0.386. The topological polar surface area (TPSA) is 27.7 Å². The first-order valence-electron chi connectivity index (χ1n) is 9.47. The van der Waals surface area contributed by atoms with Gasteiger partial charge < -0.3 is 12.3 Å². The SMILES string of the molecule is C[Si]1(C)C#C[Si](C)(C)O[Si](C)(C)C#C[Si](C)(C)O[Si](C)(C)C#C[Si](C)(C)O1. The summed E-state index contributed by atoms with van der Waals surface area (Å²) in [6.45, 7) is 26.0. The number of rotatable bonds is 0. The Morgan fingerprint density at radius 1 is 0.296 bits per heavy atom. The van der Waals surface area contributed by atoms with Crippen molar-refractivity contribution < 1.29 is 12.3 Å². The Morgan fingerprint density at radius 2 is 0.407 bits per heavy atom. The van der Waals surface area contributed by atoms with Gasteiger partial charge in [0.05, 0.1) is 0 Å². The third kappa shape index (κ3) is 9.75. The van der Waals surface area contributed by atoms with Crippen molar-refractivity contribution in [2.75, 3.05) is 0 Å². The van der Waals surface area contributed by atoms with Crippen LogP contribution >= 0.6 is 0 Å². The van der Waals surface area contributed by atoms with E-state index in [9.17, 15) is 0 Å². The van der Waals surface area contributed by atoms with Crippen LogP contribution < -0.4 is 0 Å². The lowest BCUT2D eigenvalue weighted by molar-refractivity contribution is 0.572. The first-order valence-corrected chi connectivity index (χ1v) is 26.9. The van der Waals surface area contributed by atoms with Gasteiger partial charge in [0.15, 0.2) is 0 Å². The molecule has 0 spiro atoms. The zero-order valence-electron chi connectivity index (χ0n) is 19.2. The Morgan fingerprint density at radius 3 is 0.519 bits per heavy atom. The average Bonchev–Trinajstić information content (AvgIpc) is 2.38. The molecule has 0 amide bonds. The summed E-state index contributed by atoms with van der Waals surface area (Å²) in [4.78, 5) is 0. The second-order valence-electron chi connectivity index (χ2n) is 10.1. The summed E-state index contributed by atoms with van der Waals surface area (Å²) < 4.78 is 19.6. The largest absolute Gasteiger partial charge is 0.438 e. The van der Waals surface area contributed by atoms with Gasteiger partial charge >= 0.3 is 0 Å². The van der Waals surface area contributed by atoms with Crippen molar-refractivity contribution in [3.63, 3.8) is 0 Å². The molecule has 0 aromatic rings. The molecule has 0 aromatic carbocycles. The molecule has 0 bridgehead atoms. The summed E-state index contributed by atoms with van der Waals surface area (Å²) in [5, 5.41) is 0. The van der Waals surface area contributed by atoms with E-state index in [4.69, 9.17) is 12.3 Å². The molecule has 27 heavy (non-hydrogen) atoms. The standard InChI is InChI=1S/C18H36O3Si6/c1-22(2)13-14-24(5,6)20-26(9,10)17-18-27(11,12)21-25(7,8)16-15-23(3,4)19-22/h1-12H3. The van der Waals surface area contributed by atoms with Crippen LogP contribution in [0.3, 0.4) is 0 Å². The predicted molar refractivity (Wildman–Crippen MR) is 131 cm³/mol. The van der Waals surface area contributed by atoms with Crippen LogP contribution in [0.1, 0.15) is 0 Å². The fraction of sp³-hybridized carbons (Fsp3) is 0.667. The van der Waals surface area contributed by atoms with Crippen LogP contribution in [0.15, 0.2) is 0 Å². The molecule has 0 radical (unpaired) electrons. The van der Waals surface area contributed by atoms with Gasteiger partial charge in [-0.1, -0.05) is 0 Å². The molecule has 3 nitrogen and oxygen atoms in total. The van der Waals surface area contributed by atoms with E-state index >= 15 is 0 Å². The molecular formula is C18H36O3Si6. The van der Waals surface area contributed by atoms with Crippen LogP contribution in [0.4, 0.5) is 0 Å². The molecule has 0 atom stereocenters. The van der Waals surface area contributed by atoms with Gasteiger partial charge in [0.2, 0.25) is 0 Å². The maximum absolute atomic E-state index is 6.55. The van der Waals surface area contributed by atoms with E-state index in [-0.39, 0.29) is 0 Å². The summed E-state index contributed by atoms with van der Waals surface area (Å²) in [5.41, 5.74) is 20.9. The van der Waals surface area contributed by atoms with Gasteiger partial charge in [0.25, 0.3) is 49.9 Å². The molecule has 0 saturated carbocycles. The van der Waals surface area contributed by atoms with E-state index in [0.29, 0.717) is 0 Å². The molecule has 9 heteroatoms. The molecule has 0 aliphatic carbocycles. The highest BCUT2D eigenvalue weighted by molar-refractivity contribution is 6.98. The van der Waals surface area contributed by atoms with Gasteiger partial charge in [-0.05, 0) is 78.6 Å². The normalized spacial score (nSPS) is 27.1. The Hall–Kier alpha value is -0.139. The fourth-order valence-electron chi connectivity index (χ4n) is 2.97. The molecule has 0 aromatic heterocycles. The zero-order chi connectivity index (χ0) is 21.4. The number of hydrogen-bond acceptors (Lipinski definition) is 3. The predicted octanol–water partition coefficient (Wildman–Crippen LogP) is 4.53. The van der Waals surface area contributed by atoms with Gasteiger partial charge in [-0.25, -0.2) is 0 Å². The molecule has 0 N–H and O–H groups in total. The Labute approximate surface area is 173 Å². The second-order valence-corrected chi connectivity index (χ2v) is 32.2. The van der Waals surface area contributed by atoms with Crippen molar-refractivity contribution in [2.45, 2.75) is 78.6 Å². The molecule has 0 unspecified atom stereocenters. The summed E-state index contributed by atoms with van der Waals surface area (Å²) >= 11 is 0. The first kappa shape index (κ1) is 24.9. The van der Waals surface area contributed by atoms with Crippen molar-refractivity contribution >= 4 is 49.9 Å². The van der Waals surface area contributed by atoms with Crippen molar-refractivity contribution in [3.05, 3.63) is 0 Å². The highest BCUT2D eigenvalue weighted by atomic mass is 28.4. The van der Waals surface area contributed by atoms with Crippen LogP contribution in [-0.4, -0.2) is 49.9 Å². The highest BCUT2D eigenvalue weighted by Crippen LogP contribution is 2.19. The average molecular weight is 469 g/mol. The maximum atomic E-state index is 6.55. The minimum atomic E-state index is -2.14. The van der Waals surface area contributed by atoms with E-state index < -0.39 is 49.9 Å². The molecule has 1 aliphatic rings. The van der Waals surface area contributed by atoms with Gasteiger partial charge in [-0.15, -0.1) is 33.3 Å². The molecule has 0 fully saturated rings. The molecule has 150 valence electrons. The molecular weight excluding hydrogens is 433 g/mol. The minimum Gasteiger partial charge on any atom is -0.438 e. The van der Waals surface area contributed by atoms with Gasteiger partial charge in [-0.2, -0.15) is 0 Å². The van der Waals surface area contributed by atoms with E-state index in [2.05, 4.69) is 112 Å². The summed E-state index contributed by atoms with van der Waals surface area (Å²) in [6, 6.07) is 0. The smallest absolute Gasteiger partial charge is 0.255 e. The Balaban J connectivity index is 3.49.